The van der Waals surface area contributed by atoms with Crippen LogP contribution in [0, 0.1) is 13.0 Å². The maximum atomic E-state index is 9.90. The van der Waals surface area contributed by atoms with E-state index in [0.29, 0.717) is 6.10 Å². The van der Waals surface area contributed by atoms with Crippen molar-refractivity contribution in [1.29, 1.82) is 0 Å². The van der Waals surface area contributed by atoms with Crippen LogP contribution in [0.4, 0.5) is 0 Å². The van der Waals surface area contributed by atoms with E-state index in [1.807, 2.05) is 0 Å². The molecule has 1 radical (unpaired) electrons. The van der Waals surface area contributed by atoms with Gasteiger partial charge in [0, 0.05) is 53.8 Å². The van der Waals surface area contributed by atoms with Gasteiger partial charge in [0.2, 0.25) is 0 Å². The van der Waals surface area contributed by atoms with E-state index < -0.39 is 5.97 Å². The number of hydrogen-bond acceptors (Lipinski definition) is 2. The molecule has 0 aromatic heterocycles. The molecule has 9 heavy (non-hydrogen) atoms. The first-order chi connectivity index (χ1) is 3.13. The summed E-state index contributed by atoms with van der Waals surface area (Å²) in [4.78, 5) is 9.90. The van der Waals surface area contributed by atoms with Crippen LogP contribution < -0.4 is 0 Å². The molecule has 0 unspecified atom stereocenters. The second-order valence-electron chi connectivity index (χ2n) is 1.38. The number of hydrogen-bond donors (Lipinski definition) is 0. The van der Waals surface area contributed by atoms with E-state index in [4.69, 9.17) is 0 Å². The quantitative estimate of drug-likeness (QED) is 0.505. The molecule has 0 aliphatic heterocycles. The summed E-state index contributed by atoms with van der Waals surface area (Å²) in [5.74, 6) is -0.500. The van der Waals surface area contributed by atoms with Crippen LogP contribution >= 0.6 is 0 Å². The van der Waals surface area contributed by atoms with Crippen molar-refractivity contribution in [1.82, 2.24) is 0 Å². The van der Waals surface area contributed by atoms with Crippen molar-refractivity contribution in [2.75, 3.05) is 0 Å². The molecule has 51 valence electrons. The topological polar surface area (TPSA) is 26.3 Å². The van der Waals surface area contributed by atoms with E-state index in [9.17, 15) is 4.79 Å². The molecule has 0 atom stereocenters. The Morgan fingerprint density at radius 2 is 1.89 bits per heavy atom. The zero-order valence-electron chi connectivity index (χ0n) is 5.51. The molecule has 0 rings (SSSR count). The van der Waals surface area contributed by atoms with Gasteiger partial charge < -0.3 is 11.7 Å². The molecule has 0 saturated heterocycles. The van der Waals surface area contributed by atoms with Crippen molar-refractivity contribution in [2.24, 2.45) is 0 Å². The van der Waals surface area contributed by atoms with Gasteiger partial charge in [0.25, 0.3) is 0 Å². The Kier molecular flexibility index (Phi) is 16.9. The van der Waals surface area contributed by atoms with Crippen LogP contribution in [-0.4, -0.2) is 5.97 Å². The molecule has 0 aliphatic rings. The van der Waals surface area contributed by atoms with E-state index in [1.165, 1.54) is 0 Å². The molecule has 0 N–H and O–H groups in total. The number of esters is 1. The van der Waals surface area contributed by atoms with Crippen LogP contribution in [0.5, 0.6) is 0 Å². The molecule has 0 amide bonds. The Bertz CT molecular complexity index is 75.4. The largest absolute Gasteiger partial charge is 0.656 e. The number of rotatable bonds is 1. The zero-order chi connectivity index (χ0) is 5.86. The van der Waals surface area contributed by atoms with Crippen LogP contribution in [0.15, 0.2) is 0 Å². The van der Waals surface area contributed by atoms with Crippen LogP contribution in [-0.2, 0) is 63.3 Å². The predicted octanol–water partition coefficient (Wildman–Crippen LogP) is 0.930. The van der Waals surface area contributed by atoms with Crippen molar-refractivity contribution in [3.8, 4) is 0 Å². The smallest absolute Gasteiger partial charge is 0.132 e. The van der Waals surface area contributed by atoms with Crippen molar-refractivity contribution in [2.45, 2.75) is 13.8 Å². The summed E-state index contributed by atoms with van der Waals surface area (Å²) in [5, 5.41) is 0. The third-order valence-corrected chi connectivity index (χ3v) is 0.318. The van der Waals surface area contributed by atoms with Crippen molar-refractivity contribution in [3.63, 3.8) is 0 Å². The fraction of sp³-hybridized carbons (Fsp3) is 0.400. The summed E-state index contributed by atoms with van der Waals surface area (Å²) in [6, 6.07) is 0. The van der Waals surface area contributed by atoms with Gasteiger partial charge in [-0.15, -0.1) is 0 Å². The van der Waals surface area contributed by atoms with E-state index in [0.717, 1.165) is 0 Å². The second-order valence-corrected chi connectivity index (χ2v) is 1.38. The number of ether oxygens (including phenoxy) is 1. The summed E-state index contributed by atoms with van der Waals surface area (Å²) >= 11 is 0. The van der Waals surface area contributed by atoms with Crippen molar-refractivity contribution < 1.29 is 63.3 Å². The van der Waals surface area contributed by atoms with Gasteiger partial charge in [-0.05, 0) is 0 Å². The molecule has 0 saturated carbocycles. The molecule has 0 aliphatic carbocycles. The van der Waals surface area contributed by atoms with E-state index in [-0.39, 0.29) is 53.8 Å². The zero-order valence-corrected chi connectivity index (χ0v) is 11.3. The standard InChI is InChI=1S/C5H8O2.W.Y/c1-4(2)7-5(3)6;;/h3H2,1-2H3;;/q-2;;. The van der Waals surface area contributed by atoms with Gasteiger partial charge in [0.1, 0.15) is 5.97 Å². The Hall–Kier alpha value is 1.13. The fourth-order valence-corrected chi connectivity index (χ4v) is 0.228. The minimum atomic E-state index is -0.500. The Balaban J connectivity index is -0.000000180. The molecule has 0 aromatic rings. The molecule has 4 heteroatoms. The van der Waals surface area contributed by atoms with Gasteiger partial charge >= 0.3 is 0 Å². The third-order valence-electron chi connectivity index (χ3n) is 0.318. The molecule has 0 fully saturated rings. The van der Waals surface area contributed by atoms with Crippen LogP contribution in [0.3, 0.4) is 0 Å². The Morgan fingerprint density at radius 1 is 1.56 bits per heavy atom. The minimum absolute atomic E-state index is 0. The Morgan fingerprint density at radius 3 is 1.89 bits per heavy atom. The first kappa shape index (κ1) is 16.6. The van der Waals surface area contributed by atoms with Gasteiger partial charge in [0.05, 0.1) is 0 Å². The SMILES string of the molecule is [CH2-]C(=O)O[C-](C)C.[W].[Y]. The molecule has 0 heterocycles. The molecular formula is C5H8O2WY-2. The molecule has 0 bridgehead atoms. The van der Waals surface area contributed by atoms with Crippen molar-refractivity contribution >= 4 is 5.97 Å². The fourth-order valence-electron chi connectivity index (χ4n) is 0.228. The number of carbonyl (C=O) groups excluding carboxylic acids is 1. The predicted molar refractivity (Wildman–Crippen MR) is 26.0 cm³/mol. The normalized spacial score (nSPS) is 7.00. The van der Waals surface area contributed by atoms with Crippen molar-refractivity contribution in [3.05, 3.63) is 13.0 Å². The molecule has 2 nitrogen and oxygen atoms in total. The summed E-state index contributed by atoms with van der Waals surface area (Å²) in [6.07, 6.45) is 0.625. The Labute approximate surface area is 95.2 Å². The number of carbonyl (C=O) groups is 1. The van der Waals surface area contributed by atoms with Crippen LogP contribution in [0.2, 0.25) is 0 Å². The summed E-state index contributed by atoms with van der Waals surface area (Å²) in [5.41, 5.74) is 0. The maximum absolute atomic E-state index is 9.90. The maximum Gasteiger partial charge on any atom is 0.132 e. The minimum Gasteiger partial charge on any atom is -0.656 e. The van der Waals surface area contributed by atoms with E-state index in [1.54, 1.807) is 13.8 Å². The van der Waals surface area contributed by atoms with Gasteiger partial charge in [-0.2, -0.15) is 20.0 Å². The summed E-state index contributed by atoms with van der Waals surface area (Å²) < 4.78 is 4.42. The monoisotopic (exact) mass is 373 g/mol. The van der Waals surface area contributed by atoms with Crippen LogP contribution in [0.1, 0.15) is 13.8 Å². The van der Waals surface area contributed by atoms with Gasteiger partial charge in [0.15, 0.2) is 0 Å². The van der Waals surface area contributed by atoms with E-state index in [2.05, 4.69) is 11.7 Å². The van der Waals surface area contributed by atoms with Gasteiger partial charge in [-0.1, -0.05) is 0 Å². The first-order valence-corrected chi connectivity index (χ1v) is 1.97. The van der Waals surface area contributed by atoms with Gasteiger partial charge in [-0.3, -0.25) is 4.79 Å². The summed E-state index contributed by atoms with van der Waals surface area (Å²) in [7, 11) is 0. The summed E-state index contributed by atoms with van der Waals surface area (Å²) in [6.45, 7) is 6.39. The first-order valence-electron chi connectivity index (χ1n) is 1.97. The molecule has 0 spiro atoms. The van der Waals surface area contributed by atoms with E-state index >= 15 is 0 Å². The third kappa shape index (κ3) is 17.6. The second kappa shape index (κ2) is 9.13. The molecular weight excluding hydrogens is 365 g/mol. The van der Waals surface area contributed by atoms with Crippen LogP contribution in [0.25, 0.3) is 0 Å². The average Bonchev–Trinajstić information content (AvgIpc) is 1.27. The van der Waals surface area contributed by atoms with Gasteiger partial charge in [-0.25, -0.2) is 0 Å². The average molecular weight is 373 g/mol. The molecule has 0 aromatic carbocycles.